The lowest BCUT2D eigenvalue weighted by molar-refractivity contribution is 0.102. The Balaban J connectivity index is 1.52. The predicted molar refractivity (Wildman–Crippen MR) is 108 cm³/mol. The third-order valence-corrected chi connectivity index (χ3v) is 5.65. The summed E-state index contributed by atoms with van der Waals surface area (Å²) in [7, 11) is 0. The van der Waals surface area contributed by atoms with E-state index in [1.165, 1.54) is 11.8 Å². The van der Waals surface area contributed by atoms with E-state index in [2.05, 4.69) is 31.4 Å². The average Bonchev–Trinajstić information content (AvgIpc) is 3.12. The Kier molecular flexibility index (Phi) is 5.54. The van der Waals surface area contributed by atoms with Crippen molar-refractivity contribution < 1.29 is 18.8 Å². The number of hydrogen-bond acceptors (Lipinski definition) is 7. The molecule has 1 N–H and O–H groups in total. The second kappa shape index (κ2) is 8.24. The number of fused-ring (bicyclic) bond motifs is 1. The van der Waals surface area contributed by atoms with Crippen molar-refractivity contribution in [3.8, 4) is 11.5 Å². The predicted octanol–water partition coefficient (Wildman–Crippen LogP) is 4.46. The van der Waals surface area contributed by atoms with Crippen LogP contribution in [0.2, 0.25) is 0 Å². The van der Waals surface area contributed by atoms with Crippen LogP contribution in [0.1, 0.15) is 22.1 Å². The zero-order valence-electron chi connectivity index (χ0n) is 14.9. The molecule has 1 aromatic heterocycles. The van der Waals surface area contributed by atoms with Crippen LogP contribution >= 0.6 is 27.7 Å². The van der Waals surface area contributed by atoms with Crippen molar-refractivity contribution in [3.05, 3.63) is 58.1 Å². The molecule has 1 aliphatic heterocycles. The van der Waals surface area contributed by atoms with Crippen LogP contribution in [0.4, 0.5) is 5.69 Å². The molecular formula is C19H16BrN3O4S. The van der Waals surface area contributed by atoms with E-state index in [9.17, 15) is 4.79 Å². The fraction of sp³-hybridized carbons (Fsp3) is 0.211. The van der Waals surface area contributed by atoms with Crippen LogP contribution in [0.5, 0.6) is 11.5 Å². The number of carbonyl (C=O) groups excluding carboxylic acids is 1. The van der Waals surface area contributed by atoms with E-state index in [1.807, 2.05) is 18.2 Å². The summed E-state index contributed by atoms with van der Waals surface area (Å²) in [5.41, 5.74) is 1.17. The third kappa shape index (κ3) is 4.15. The van der Waals surface area contributed by atoms with Gasteiger partial charge in [0.05, 0.1) is 17.0 Å². The number of thioether (sulfide) groups is 1. The van der Waals surface area contributed by atoms with Gasteiger partial charge in [-0.15, -0.1) is 11.8 Å². The maximum absolute atomic E-state index is 12.9. The number of carbonyl (C=O) groups is 1. The Morgan fingerprint density at radius 3 is 2.71 bits per heavy atom. The molecule has 1 amide bonds. The molecule has 0 atom stereocenters. The van der Waals surface area contributed by atoms with Crippen molar-refractivity contribution in [2.24, 2.45) is 0 Å². The lowest BCUT2D eigenvalue weighted by Crippen LogP contribution is -2.17. The second-order valence-corrected chi connectivity index (χ2v) is 7.82. The van der Waals surface area contributed by atoms with Gasteiger partial charge in [0, 0.05) is 21.5 Å². The van der Waals surface area contributed by atoms with Gasteiger partial charge < -0.3 is 19.3 Å². The first-order valence-corrected chi connectivity index (χ1v) is 10.3. The maximum Gasteiger partial charge on any atom is 0.256 e. The van der Waals surface area contributed by atoms with Crippen LogP contribution in [0.25, 0.3) is 0 Å². The molecule has 0 saturated carbocycles. The normalized spacial score (nSPS) is 12.6. The monoisotopic (exact) mass is 461 g/mol. The summed E-state index contributed by atoms with van der Waals surface area (Å²) in [5, 5.41) is 6.71. The molecule has 4 rings (SSSR count). The summed E-state index contributed by atoms with van der Waals surface area (Å²) >= 11 is 4.94. The summed E-state index contributed by atoms with van der Waals surface area (Å²) in [5.74, 6) is 2.64. The molecule has 0 saturated heterocycles. The van der Waals surface area contributed by atoms with E-state index < -0.39 is 0 Å². The van der Waals surface area contributed by atoms with E-state index in [0.29, 0.717) is 53.4 Å². The van der Waals surface area contributed by atoms with E-state index in [0.717, 1.165) is 9.37 Å². The van der Waals surface area contributed by atoms with Gasteiger partial charge in [-0.3, -0.25) is 4.79 Å². The number of aryl methyl sites for hydroxylation is 1. The van der Waals surface area contributed by atoms with E-state index in [4.69, 9.17) is 14.0 Å². The van der Waals surface area contributed by atoms with Crippen molar-refractivity contribution in [1.82, 2.24) is 10.1 Å². The molecule has 0 aliphatic carbocycles. The highest BCUT2D eigenvalue weighted by atomic mass is 79.9. The Hall–Kier alpha value is -2.52. The fourth-order valence-electron chi connectivity index (χ4n) is 2.67. The zero-order chi connectivity index (χ0) is 19.5. The zero-order valence-corrected chi connectivity index (χ0v) is 17.3. The minimum absolute atomic E-state index is 0.220. The van der Waals surface area contributed by atoms with Crippen molar-refractivity contribution in [2.75, 3.05) is 18.5 Å². The van der Waals surface area contributed by atoms with Crippen molar-refractivity contribution >= 4 is 39.3 Å². The first-order valence-electron chi connectivity index (χ1n) is 8.51. The minimum Gasteiger partial charge on any atom is -0.486 e. The van der Waals surface area contributed by atoms with Gasteiger partial charge in [-0.05, 0) is 35.0 Å². The molecule has 2 aromatic carbocycles. The quantitative estimate of drug-likeness (QED) is 0.561. The molecular weight excluding hydrogens is 446 g/mol. The number of hydrogen-bond donors (Lipinski definition) is 1. The summed E-state index contributed by atoms with van der Waals surface area (Å²) < 4.78 is 17.0. The van der Waals surface area contributed by atoms with Crippen LogP contribution < -0.4 is 14.8 Å². The standard InChI is InChI=1S/C19H16BrN3O4S/c1-11-21-18(27-23-11)10-28-17-5-3-2-4-12(17)19(24)22-14-9-16-15(8-13(14)20)25-6-7-26-16/h2-5,8-9H,6-7,10H2,1H3,(H,22,24). The Bertz CT molecular complexity index is 1020. The fourth-order valence-corrected chi connectivity index (χ4v) is 3.98. The van der Waals surface area contributed by atoms with Gasteiger partial charge in [-0.2, -0.15) is 4.98 Å². The molecule has 0 fully saturated rings. The van der Waals surface area contributed by atoms with Crippen molar-refractivity contribution in [3.63, 3.8) is 0 Å². The van der Waals surface area contributed by atoms with Gasteiger partial charge >= 0.3 is 0 Å². The molecule has 9 heteroatoms. The second-order valence-electron chi connectivity index (χ2n) is 5.95. The first kappa shape index (κ1) is 18.8. The summed E-state index contributed by atoms with van der Waals surface area (Å²) in [4.78, 5) is 17.9. The van der Waals surface area contributed by atoms with Crippen LogP contribution in [-0.2, 0) is 5.75 Å². The minimum atomic E-state index is -0.220. The third-order valence-electron chi connectivity index (χ3n) is 3.93. The number of aromatic nitrogens is 2. The van der Waals surface area contributed by atoms with Crippen molar-refractivity contribution in [1.29, 1.82) is 0 Å². The molecule has 0 radical (unpaired) electrons. The molecule has 1 aliphatic rings. The van der Waals surface area contributed by atoms with Gasteiger partial charge in [0.2, 0.25) is 5.89 Å². The molecule has 0 spiro atoms. The van der Waals surface area contributed by atoms with E-state index in [1.54, 1.807) is 25.1 Å². The number of anilines is 1. The highest BCUT2D eigenvalue weighted by molar-refractivity contribution is 9.10. The Morgan fingerprint density at radius 2 is 1.96 bits per heavy atom. The van der Waals surface area contributed by atoms with Crippen LogP contribution in [-0.4, -0.2) is 29.3 Å². The molecule has 3 aromatic rings. The molecule has 7 nitrogen and oxygen atoms in total. The molecule has 28 heavy (non-hydrogen) atoms. The van der Waals surface area contributed by atoms with E-state index in [-0.39, 0.29) is 5.91 Å². The molecule has 0 unspecified atom stereocenters. The molecule has 0 bridgehead atoms. The molecule has 2 heterocycles. The summed E-state index contributed by atoms with van der Waals surface area (Å²) in [6, 6.07) is 10.9. The van der Waals surface area contributed by atoms with Gasteiger partial charge in [-0.25, -0.2) is 0 Å². The Morgan fingerprint density at radius 1 is 1.21 bits per heavy atom. The number of rotatable bonds is 5. The number of amides is 1. The average molecular weight is 462 g/mol. The van der Waals surface area contributed by atoms with Crippen LogP contribution in [0.15, 0.2) is 50.3 Å². The van der Waals surface area contributed by atoms with Gasteiger partial charge in [-0.1, -0.05) is 17.3 Å². The highest BCUT2D eigenvalue weighted by Gasteiger charge is 2.18. The van der Waals surface area contributed by atoms with Gasteiger partial charge in [0.1, 0.15) is 13.2 Å². The van der Waals surface area contributed by atoms with Crippen LogP contribution in [0.3, 0.4) is 0 Å². The highest BCUT2D eigenvalue weighted by Crippen LogP contribution is 2.38. The topological polar surface area (TPSA) is 86.5 Å². The lowest BCUT2D eigenvalue weighted by atomic mass is 10.2. The lowest BCUT2D eigenvalue weighted by Gasteiger charge is -2.20. The van der Waals surface area contributed by atoms with Gasteiger partial charge in [0.15, 0.2) is 17.3 Å². The number of ether oxygens (including phenoxy) is 2. The molecule has 144 valence electrons. The maximum atomic E-state index is 12.9. The first-order chi connectivity index (χ1) is 13.6. The Labute approximate surface area is 173 Å². The summed E-state index contributed by atoms with van der Waals surface area (Å²) in [6.45, 7) is 2.76. The number of halogens is 1. The SMILES string of the molecule is Cc1noc(CSc2ccccc2C(=O)Nc2cc3c(cc2Br)OCCO3)n1. The van der Waals surface area contributed by atoms with E-state index >= 15 is 0 Å². The largest absolute Gasteiger partial charge is 0.486 e. The van der Waals surface area contributed by atoms with Crippen molar-refractivity contribution in [2.45, 2.75) is 17.6 Å². The smallest absolute Gasteiger partial charge is 0.256 e. The number of nitrogens with zero attached hydrogens (tertiary/aromatic N) is 2. The van der Waals surface area contributed by atoms with Gasteiger partial charge in [0.25, 0.3) is 5.91 Å². The summed E-state index contributed by atoms with van der Waals surface area (Å²) in [6.07, 6.45) is 0. The number of benzene rings is 2. The van der Waals surface area contributed by atoms with Crippen LogP contribution in [0, 0.1) is 6.92 Å². The number of nitrogens with one attached hydrogen (secondary N) is 1.